The summed E-state index contributed by atoms with van der Waals surface area (Å²) in [5, 5.41) is 0. The summed E-state index contributed by atoms with van der Waals surface area (Å²) in [7, 11) is 0. The van der Waals surface area contributed by atoms with Gasteiger partial charge in [0.15, 0.2) is 0 Å². The maximum absolute atomic E-state index is 14.1. The van der Waals surface area contributed by atoms with E-state index in [0.717, 1.165) is 20.3 Å². The summed E-state index contributed by atoms with van der Waals surface area (Å²) in [5.74, 6) is 0.489. The van der Waals surface area contributed by atoms with Gasteiger partial charge in [-0.15, -0.1) is 0 Å². The summed E-state index contributed by atoms with van der Waals surface area (Å²) in [6.45, 7) is 2.49. The largest absolute Gasteiger partial charge is 0.494 e. The lowest BCUT2D eigenvalue weighted by Gasteiger charge is -2.17. The molecule has 0 aliphatic heterocycles. The predicted octanol–water partition coefficient (Wildman–Crippen LogP) is 6.23. The fraction of sp³-hybridized carbons (Fsp3) is 0.200. The van der Waals surface area contributed by atoms with Gasteiger partial charge < -0.3 is 4.74 Å². The zero-order chi connectivity index (χ0) is 14.7. The molecule has 0 aromatic heterocycles. The monoisotopic (exact) mass is 464 g/mol. The van der Waals surface area contributed by atoms with Gasteiger partial charge in [-0.1, -0.05) is 53.9 Å². The van der Waals surface area contributed by atoms with Crippen LogP contribution in [0.15, 0.2) is 45.3 Å². The van der Waals surface area contributed by atoms with E-state index in [0.29, 0.717) is 12.2 Å². The lowest BCUT2D eigenvalue weighted by molar-refractivity contribution is 0.337. The molecule has 0 aliphatic rings. The third-order valence-corrected chi connectivity index (χ3v) is 4.75. The molecule has 0 fully saturated rings. The van der Waals surface area contributed by atoms with Crippen LogP contribution in [-0.4, -0.2) is 6.61 Å². The Kier molecular flexibility index (Phi) is 5.64. The van der Waals surface area contributed by atoms with Gasteiger partial charge in [-0.25, -0.2) is 4.39 Å². The highest BCUT2D eigenvalue weighted by Gasteiger charge is 2.19. The molecule has 0 N–H and O–H groups in total. The van der Waals surface area contributed by atoms with Gasteiger partial charge in [-0.05, 0) is 37.3 Å². The van der Waals surface area contributed by atoms with E-state index in [2.05, 4.69) is 47.8 Å². The first-order valence-electron chi connectivity index (χ1n) is 6.04. The molecule has 1 nitrogen and oxygen atoms in total. The van der Waals surface area contributed by atoms with Gasteiger partial charge in [0.25, 0.3) is 0 Å². The Morgan fingerprint density at radius 3 is 2.35 bits per heavy atom. The second-order valence-corrected chi connectivity index (χ2v) is 6.89. The van der Waals surface area contributed by atoms with Crippen LogP contribution in [0.2, 0.25) is 0 Å². The number of hydrogen-bond donors (Lipinski definition) is 0. The average Bonchev–Trinajstić information content (AvgIpc) is 2.40. The molecule has 2 aromatic rings. The van der Waals surface area contributed by atoms with Crippen molar-refractivity contribution in [3.63, 3.8) is 0 Å². The molecule has 0 aliphatic carbocycles. The van der Waals surface area contributed by atoms with Gasteiger partial charge in [-0.2, -0.15) is 0 Å². The van der Waals surface area contributed by atoms with Gasteiger partial charge in [0, 0.05) is 20.1 Å². The number of rotatable bonds is 4. The highest BCUT2D eigenvalue weighted by atomic mass is 79.9. The van der Waals surface area contributed by atoms with Gasteiger partial charge in [0.05, 0.1) is 11.4 Å². The Morgan fingerprint density at radius 2 is 1.70 bits per heavy atom. The van der Waals surface area contributed by atoms with E-state index in [9.17, 15) is 4.39 Å². The van der Waals surface area contributed by atoms with Gasteiger partial charge in [0.1, 0.15) is 11.6 Å². The zero-order valence-electron chi connectivity index (χ0n) is 10.7. The minimum atomic E-state index is -0.269. The SMILES string of the molecule is CCOc1ccc(Br)cc1C(Br)c1ccc(Br)cc1F. The van der Waals surface area contributed by atoms with E-state index in [-0.39, 0.29) is 10.6 Å². The minimum absolute atomic E-state index is 0.260. The van der Waals surface area contributed by atoms with Crippen molar-refractivity contribution in [3.05, 3.63) is 62.3 Å². The maximum atomic E-state index is 14.1. The van der Waals surface area contributed by atoms with E-state index >= 15 is 0 Å². The van der Waals surface area contributed by atoms with Gasteiger partial charge >= 0.3 is 0 Å². The molecule has 0 saturated heterocycles. The lowest BCUT2D eigenvalue weighted by Crippen LogP contribution is -2.02. The molecule has 0 bridgehead atoms. The first-order chi connectivity index (χ1) is 9.52. The molecule has 1 unspecified atom stereocenters. The molecule has 5 heteroatoms. The second-order valence-electron chi connectivity index (χ2n) is 4.14. The van der Waals surface area contributed by atoms with E-state index in [1.54, 1.807) is 6.07 Å². The summed E-state index contributed by atoms with van der Waals surface area (Å²) < 4.78 is 21.4. The molecular formula is C15H12Br3FO. The van der Waals surface area contributed by atoms with E-state index in [4.69, 9.17) is 4.74 Å². The Balaban J connectivity index is 2.46. The van der Waals surface area contributed by atoms with Crippen molar-refractivity contribution < 1.29 is 9.13 Å². The van der Waals surface area contributed by atoms with Crippen molar-refractivity contribution >= 4 is 47.8 Å². The number of hydrogen-bond acceptors (Lipinski definition) is 1. The Bertz CT molecular complexity index is 616. The minimum Gasteiger partial charge on any atom is -0.494 e. The molecule has 0 amide bonds. The summed E-state index contributed by atoms with van der Waals surface area (Å²) in [6.07, 6.45) is 0. The van der Waals surface area contributed by atoms with Crippen molar-refractivity contribution in [1.82, 2.24) is 0 Å². The topological polar surface area (TPSA) is 9.23 Å². The number of halogens is 4. The highest BCUT2D eigenvalue weighted by Crippen LogP contribution is 2.39. The Labute approximate surface area is 142 Å². The van der Waals surface area contributed by atoms with Crippen molar-refractivity contribution in [1.29, 1.82) is 0 Å². The molecule has 0 spiro atoms. The standard InChI is InChI=1S/C15H12Br3FO/c1-2-20-14-6-4-9(16)7-12(14)15(18)11-5-3-10(17)8-13(11)19/h3-8,15H,2H2,1H3. The second kappa shape index (κ2) is 7.05. The first-order valence-corrected chi connectivity index (χ1v) is 8.54. The van der Waals surface area contributed by atoms with Crippen molar-refractivity contribution in [2.75, 3.05) is 6.61 Å². The predicted molar refractivity (Wildman–Crippen MR) is 90.2 cm³/mol. The fourth-order valence-corrected chi connectivity index (χ4v) is 3.32. The van der Waals surface area contributed by atoms with Crippen LogP contribution in [0, 0.1) is 5.82 Å². The van der Waals surface area contributed by atoms with Crippen LogP contribution < -0.4 is 4.74 Å². The van der Waals surface area contributed by atoms with Crippen LogP contribution in [0.1, 0.15) is 22.9 Å². The molecule has 2 rings (SSSR count). The quantitative estimate of drug-likeness (QED) is 0.485. The molecule has 20 heavy (non-hydrogen) atoms. The van der Waals surface area contributed by atoms with Crippen LogP contribution in [0.3, 0.4) is 0 Å². The number of ether oxygens (including phenoxy) is 1. The maximum Gasteiger partial charge on any atom is 0.129 e. The van der Waals surface area contributed by atoms with Crippen LogP contribution in [-0.2, 0) is 0 Å². The molecule has 0 radical (unpaired) electrons. The van der Waals surface area contributed by atoms with E-state index < -0.39 is 0 Å². The van der Waals surface area contributed by atoms with Gasteiger partial charge in [-0.3, -0.25) is 0 Å². The van der Waals surface area contributed by atoms with Crippen LogP contribution in [0.4, 0.5) is 4.39 Å². The number of benzene rings is 2. The summed E-state index contributed by atoms with van der Waals surface area (Å²) in [4.78, 5) is -0.269. The summed E-state index contributed by atoms with van der Waals surface area (Å²) >= 11 is 10.3. The van der Waals surface area contributed by atoms with Crippen LogP contribution >= 0.6 is 47.8 Å². The molecule has 106 valence electrons. The van der Waals surface area contributed by atoms with Crippen molar-refractivity contribution in [2.24, 2.45) is 0 Å². The molecule has 0 heterocycles. The molecular weight excluding hydrogens is 455 g/mol. The van der Waals surface area contributed by atoms with Crippen molar-refractivity contribution in [2.45, 2.75) is 11.8 Å². The fourth-order valence-electron chi connectivity index (χ4n) is 1.88. The highest BCUT2D eigenvalue weighted by molar-refractivity contribution is 9.10. The molecule has 0 saturated carbocycles. The Morgan fingerprint density at radius 1 is 1.05 bits per heavy atom. The smallest absolute Gasteiger partial charge is 0.129 e. The molecule has 1 atom stereocenters. The third-order valence-electron chi connectivity index (χ3n) is 2.78. The Hall–Kier alpha value is -0.390. The summed E-state index contributed by atoms with van der Waals surface area (Å²) in [6, 6.07) is 10.8. The first kappa shape index (κ1) is 16.0. The van der Waals surface area contributed by atoms with Gasteiger partial charge in [0.2, 0.25) is 0 Å². The lowest BCUT2D eigenvalue weighted by atomic mass is 10.0. The molecule has 2 aromatic carbocycles. The third kappa shape index (κ3) is 3.62. The van der Waals surface area contributed by atoms with E-state index in [1.807, 2.05) is 31.2 Å². The van der Waals surface area contributed by atoms with Crippen molar-refractivity contribution in [3.8, 4) is 5.75 Å². The average molecular weight is 467 g/mol. The van der Waals surface area contributed by atoms with E-state index in [1.165, 1.54) is 6.07 Å². The zero-order valence-corrected chi connectivity index (χ0v) is 15.4. The van der Waals surface area contributed by atoms with Crippen LogP contribution in [0.25, 0.3) is 0 Å². The number of alkyl halides is 1. The summed E-state index contributed by atoms with van der Waals surface area (Å²) in [5.41, 5.74) is 1.47. The van der Waals surface area contributed by atoms with Crippen LogP contribution in [0.5, 0.6) is 5.75 Å². The normalized spacial score (nSPS) is 12.2.